The molecule has 0 saturated heterocycles. The number of rotatable bonds is 3. The van der Waals surface area contributed by atoms with Gasteiger partial charge in [0.05, 0.1) is 12.7 Å². The van der Waals surface area contributed by atoms with Gasteiger partial charge in [-0.1, -0.05) is 6.07 Å². The molecule has 1 rings (SSSR count). The van der Waals surface area contributed by atoms with E-state index in [-0.39, 0.29) is 18.1 Å². The Hall–Kier alpha value is -1.77. The third-order valence-electron chi connectivity index (χ3n) is 2.59. The number of halogens is 6. The lowest BCUT2D eigenvalue weighted by atomic mass is 9.91. The highest BCUT2D eigenvalue weighted by Crippen LogP contribution is 2.50. The summed E-state index contributed by atoms with van der Waals surface area (Å²) >= 11 is 0. The number of carbonyl (C=O) groups is 1. The molecule has 0 radical (unpaired) electrons. The van der Waals surface area contributed by atoms with Crippen LogP contribution in [0.15, 0.2) is 18.2 Å². The van der Waals surface area contributed by atoms with Gasteiger partial charge < -0.3 is 9.84 Å². The van der Waals surface area contributed by atoms with Gasteiger partial charge in [0.1, 0.15) is 5.75 Å². The van der Waals surface area contributed by atoms with E-state index in [2.05, 4.69) is 4.74 Å². The van der Waals surface area contributed by atoms with Gasteiger partial charge in [-0.3, -0.25) is 4.79 Å². The fourth-order valence-corrected chi connectivity index (χ4v) is 1.54. The third-order valence-corrected chi connectivity index (χ3v) is 2.59. The molecule has 0 amide bonds. The number of hydrogen-bond acceptors (Lipinski definition) is 3. The number of alkyl halides is 6. The minimum absolute atomic E-state index is 0.0233. The molecular formula is C11H8F6O3. The molecule has 1 aromatic carbocycles. The van der Waals surface area contributed by atoms with Crippen LogP contribution in [-0.2, 0) is 5.60 Å². The van der Waals surface area contributed by atoms with Crippen LogP contribution in [0.2, 0.25) is 0 Å². The second-order valence-corrected chi connectivity index (χ2v) is 3.78. The van der Waals surface area contributed by atoms with Crippen molar-refractivity contribution >= 4 is 6.29 Å². The molecule has 0 fully saturated rings. The number of ether oxygens (including phenoxy) is 1. The number of benzene rings is 1. The van der Waals surface area contributed by atoms with Crippen molar-refractivity contribution in [2.75, 3.05) is 7.11 Å². The van der Waals surface area contributed by atoms with E-state index in [1.165, 1.54) is 0 Å². The molecule has 0 aromatic heterocycles. The second kappa shape index (κ2) is 4.97. The minimum atomic E-state index is -6.00. The Balaban J connectivity index is 3.56. The Morgan fingerprint density at radius 1 is 1.10 bits per heavy atom. The van der Waals surface area contributed by atoms with E-state index in [4.69, 9.17) is 5.11 Å². The number of hydrogen-bond donors (Lipinski definition) is 1. The van der Waals surface area contributed by atoms with Crippen LogP contribution in [0, 0.1) is 0 Å². The van der Waals surface area contributed by atoms with Crippen LogP contribution in [0.4, 0.5) is 26.3 Å². The Morgan fingerprint density at radius 3 is 1.95 bits per heavy atom. The number of methoxy groups -OCH3 is 1. The maximum atomic E-state index is 12.6. The quantitative estimate of drug-likeness (QED) is 0.690. The summed E-state index contributed by atoms with van der Waals surface area (Å²) in [5, 5.41) is 9.13. The van der Waals surface area contributed by atoms with E-state index >= 15 is 0 Å². The number of aldehydes is 1. The van der Waals surface area contributed by atoms with E-state index in [0.29, 0.717) is 6.07 Å². The number of aliphatic hydroxyl groups is 1. The Kier molecular flexibility index (Phi) is 4.04. The highest BCUT2D eigenvalue weighted by molar-refractivity contribution is 5.79. The highest BCUT2D eigenvalue weighted by Gasteiger charge is 2.71. The number of carbonyl (C=O) groups excluding carboxylic acids is 1. The fourth-order valence-electron chi connectivity index (χ4n) is 1.54. The molecule has 9 heteroatoms. The van der Waals surface area contributed by atoms with Crippen molar-refractivity contribution in [2.45, 2.75) is 18.0 Å². The van der Waals surface area contributed by atoms with Gasteiger partial charge >= 0.3 is 12.4 Å². The lowest BCUT2D eigenvalue weighted by Gasteiger charge is -2.32. The van der Waals surface area contributed by atoms with Crippen LogP contribution in [0.1, 0.15) is 15.9 Å². The predicted octanol–water partition coefficient (Wildman–Crippen LogP) is 2.82. The first kappa shape index (κ1) is 16.3. The zero-order valence-electron chi connectivity index (χ0n) is 9.84. The van der Waals surface area contributed by atoms with Crippen molar-refractivity contribution in [1.82, 2.24) is 0 Å². The van der Waals surface area contributed by atoms with Crippen LogP contribution in [0.3, 0.4) is 0 Å². The predicted molar refractivity (Wildman–Crippen MR) is 54.4 cm³/mol. The zero-order chi connectivity index (χ0) is 15.8. The van der Waals surface area contributed by atoms with Crippen LogP contribution in [0.5, 0.6) is 5.75 Å². The first-order valence-electron chi connectivity index (χ1n) is 4.98. The molecule has 0 unspecified atom stereocenters. The van der Waals surface area contributed by atoms with E-state index in [9.17, 15) is 31.1 Å². The standard InChI is InChI=1S/C11H8F6O3/c1-20-8-3-2-7(4-6(8)5-18)9(19,10(12,13)14)11(15,16)17/h2-5,19H,1H3. The lowest BCUT2D eigenvalue weighted by Crippen LogP contribution is -2.53. The highest BCUT2D eigenvalue weighted by atomic mass is 19.4. The molecule has 0 spiro atoms. The smallest absolute Gasteiger partial charge is 0.430 e. The van der Waals surface area contributed by atoms with Gasteiger partial charge in [0.2, 0.25) is 0 Å². The molecule has 3 nitrogen and oxygen atoms in total. The van der Waals surface area contributed by atoms with Gasteiger partial charge in [-0.2, -0.15) is 26.3 Å². The maximum absolute atomic E-state index is 12.6. The van der Waals surface area contributed by atoms with Crippen molar-refractivity contribution in [2.24, 2.45) is 0 Å². The SMILES string of the molecule is COc1ccc(C(O)(C(F)(F)F)C(F)(F)F)cc1C=O. The lowest BCUT2D eigenvalue weighted by molar-refractivity contribution is -0.376. The molecular weight excluding hydrogens is 294 g/mol. The van der Waals surface area contributed by atoms with Gasteiger partial charge in [-0.15, -0.1) is 0 Å². The second-order valence-electron chi connectivity index (χ2n) is 3.78. The van der Waals surface area contributed by atoms with E-state index < -0.39 is 29.1 Å². The topological polar surface area (TPSA) is 46.5 Å². The van der Waals surface area contributed by atoms with E-state index in [1.54, 1.807) is 0 Å². The van der Waals surface area contributed by atoms with Crippen molar-refractivity contribution in [3.63, 3.8) is 0 Å². The average Bonchev–Trinajstić information content (AvgIpc) is 2.34. The summed E-state index contributed by atoms with van der Waals surface area (Å²) in [6, 6.07) is 1.42. The van der Waals surface area contributed by atoms with Gasteiger partial charge in [-0.05, 0) is 12.1 Å². The first-order valence-corrected chi connectivity index (χ1v) is 4.98. The molecule has 0 aliphatic heterocycles. The Labute approximate surface area is 108 Å². The molecule has 0 saturated carbocycles. The minimum Gasteiger partial charge on any atom is -0.496 e. The summed E-state index contributed by atoms with van der Waals surface area (Å²) in [4.78, 5) is 10.6. The maximum Gasteiger partial charge on any atom is 0.430 e. The summed E-state index contributed by atoms with van der Waals surface area (Å²) in [5.74, 6) is -0.213. The Bertz CT molecular complexity index is 492. The van der Waals surface area contributed by atoms with Gasteiger partial charge in [-0.25, -0.2) is 0 Å². The third kappa shape index (κ3) is 2.45. The largest absolute Gasteiger partial charge is 0.496 e. The van der Waals surface area contributed by atoms with Crippen molar-refractivity contribution in [3.05, 3.63) is 29.3 Å². The zero-order valence-corrected chi connectivity index (χ0v) is 9.84. The van der Waals surface area contributed by atoms with Gasteiger partial charge in [0, 0.05) is 5.56 Å². The van der Waals surface area contributed by atoms with Crippen molar-refractivity contribution in [1.29, 1.82) is 0 Å². The summed E-state index contributed by atoms with van der Waals surface area (Å²) in [7, 11) is 1.09. The van der Waals surface area contributed by atoms with Crippen LogP contribution in [-0.4, -0.2) is 30.9 Å². The van der Waals surface area contributed by atoms with E-state index in [0.717, 1.165) is 13.2 Å². The molecule has 0 heterocycles. The van der Waals surface area contributed by atoms with Gasteiger partial charge in [0.25, 0.3) is 5.60 Å². The molecule has 112 valence electrons. The van der Waals surface area contributed by atoms with Crippen LogP contribution >= 0.6 is 0 Å². The molecule has 0 atom stereocenters. The summed E-state index contributed by atoms with van der Waals surface area (Å²) in [6.07, 6.45) is -12.0. The fraction of sp³-hybridized carbons (Fsp3) is 0.364. The normalized spacial score (nSPS) is 13.2. The summed E-state index contributed by atoms with van der Waals surface area (Å²) in [6.45, 7) is 0. The first-order chi connectivity index (χ1) is 8.99. The molecule has 0 bridgehead atoms. The van der Waals surface area contributed by atoms with Crippen molar-refractivity contribution < 1.29 is 41.0 Å². The average molecular weight is 302 g/mol. The molecule has 20 heavy (non-hydrogen) atoms. The summed E-state index contributed by atoms with van der Waals surface area (Å²) in [5.41, 5.74) is -7.12. The molecule has 0 aliphatic carbocycles. The van der Waals surface area contributed by atoms with Crippen molar-refractivity contribution in [3.8, 4) is 5.75 Å². The molecule has 0 aliphatic rings. The monoisotopic (exact) mass is 302 g/mol. The van der Waals surface area contributed by atoms with Crippen LogP contribution < -0.4 is 4.74 Å². The van der Waals surface area contributed by atoms with Gasteiger partial charge in [0.15, 0.2) is 6.29 Å². The van der Waals surface area contributed by atoms with E-state index in [1.807, 2.05) is 0 Å². The summed E-state index contributed by atoms with van der Waals surface area (Å²) < 4.78 is 80.3. The van der Waals surface area contributed by atoms with Crippen LogP contribution in [0.25, 0.3) is 0 Å². The molecule has 1 aromatic rings. The molecule has 1 N–H and O–H groups in total. The Morgan fingerprint density at radius 2 is 1.60 bits per heavy atom.